The van der Waals surface area contributed by atoms with E-state index in [4.69, 9.17) is 4.74 Å². The lowest BCUT2D eigenvalue weighted by Crippen LogP contribution is -2.39. The number of ether oxygens (including phenoxy) is 1. The van der Waals surface area contributed by atoms with Crippen molar-refractivity contribution in [2.75, 3.05) is 11.4 Å². The fourth-order valence-electron chi connectivity index (χ4n) is 3.25. The summed E-state index contributed by atoms with van der Waals surface area (Å²) in [5.41, 5.74) is 0.335. The lowest BCUT2D eigenvalue weighted by atomic mass is 9.86. The van der Waals surface area contributed by atoms with Gasteiger partial charge in [-0.3, -0.25) is 4.79 Å². The third kappa shape index (κ3) is 1.07. The van der Waals surface area contributed by atoms with E-state index in [9.17, 15) is 4.79 Å². The standard InChI is InChI=1S/C14H13NO2/c16-13-14-7-6-12(17-14)8-10(14)9-15(13)11-4-2-1-3-5-11/h1-7,10,12H,8-9H2/t10-,12+,14-/m1/s1. The van der Waals surface area contributed by atoms with Crippen molar-refractivity contribution in [1.82, 2.24) is 0 Å². The Morgan fingerprint density at radius 3 is 2.82 bits per heavy atom. The van der Waals surface area contributed by atoms with Crippen molar-refractivity contribution in [1.29, 1.82) is 0 Å². The smallest absolute Gasteiger partial charge is 0.263 e. The summed E-state index contributed by atoms with van der Waals surface area (Å²) in [5.74, 6) is 0.426. The molecule has 3 aliphatic heterocycles. The van der Waals surface area contributed by atoms with Crippen LogP contribution in [0.25, 0.3) is 0 Å². The fourth-order valence-corrected chi connectivity index (χ4v) is 3.25. The van der Waals surface area contributed by atoms with Crippen LogP contribution in [-0.2, 0) is 9.53 Å². The molecule has 1 aromatic rings. The summed E-state index contributed by atoms with van der Waals surface area (Å²) in [7, 11) is 0. The Labute approximate surface area is 99.7 Å². The number of anilines is 1. The van der Waals surface area contributed by atoms with E-state index in [1.807, 2.05) is 47.4 Å². The van der Waals surface area contributed by atoms with Gasteiger partial charge < -0.3 is 9.64 Å². The number of benzene rings is 1. The number of para-hydroxylation sites is 1. The van der Waals surface area contributed by atoms with Crippen LogP contribution in [0.1, 0.15) is 6.42 Å². The van der Waals surface area contributed by atoms with Gasteiger partial charge in [-0.15, -0.1) is 0 Å². The van der Waals surface area contributed by atoms with Crippen LogP contribution < -0.4 is 4.90 Å². The van der Waals surface area contributed by atoms with Gasteiger partial charge in [0.1, 0.15) is 0 Å². The zero-order chi connectivity index (χ0) is 11.5. The lowest BCUT2D eigenvalue weighted by Gasteiger charge is -2.21. The van der Waals surface area contributed by atoms with E-state index >= 15 is 0 Å². The summed E-state index contributed by atoms with van der Waals surface area (Å²) in [6, 6.07) is 9.84. The van der Waals surface area contributed by atoms with Crippen molar-refractivity contribution >= 4 is 11.6 Å². The molecular weight excluding hydrogens is 214 g/mol. The van der Waals surface area contributed by atoms with Crippen LogP contribution in [0.5, 0.6) is 0 Å². The molecule has 0 unspecified atom stereocenters. The van der Waals surface area contributed by atoms with Gasteiger partial charge in [-0.2, -0.15) is 0 Å². The minimum Gasteiger partial charge on any atom is -0.353 e. The van der Waals surface area contributed by atoms with E-state index in [-0.39, 0.29) is 12.0 Å². The zero-order valence-electron chi connectivity index (χ0n) is 9.37. The molecule has 0 radical (unpaired) electrons. The maximum atomic E-state index is 12.5. The number of hydrogen-bond acceptors (Lipinski definition) is 2. The van der Waals surface area contributed by atoms with Crippen molar-refractivity contribution in [3.8, 4) is 0 Å². The summed E-state index contributed by atoms with van der Waals surface area (Å²) in [6.07, 6.45) is 5.15. The highest BCUT2D eigenvalue weighted by molar-refractivity contribution is 6.04. The average molecular weight is 227 g/mol. The first-order chi connectivity index (χ1) is 8.29. The molecule has 3 heteroatoms. The van der Waals surface area contributed by atoms with Gasteiger partial charge in [-0.1, -0.05) is 24.3 Å². The molecule has 4 rings (SSSR count). The average Bonchev–Trinajstić information content (AvgIpc) is 3.01. The third-order valence-corrected chi connectivity index (χ3v) is 4.08. The van der Waals surface area contributed by atoms with Crippen LogP contribution in [0.2, 0.25) is 0 Å². The Morgan fingerprint density at radius 2 is 2.12 bits per heavy atom. The molecule has 3 aliphatic rings. The Kier molecular flexibility index (Phi) is 1.66. The van der Waals surface area contributed by atoms with Gasteiger partial charge in [-0.05, 0) is 24.6 Å². The van der Waals surface area contributed by atoms with E-state index in [0.717, 1.165) is 18.7 Å². The molecule has 0 aromatic heterocycles. The molecule has 0 N–H and O–H groups in total. The van der Waals surface area contributed by atoms with Gasteiger partial charge in [0.05, 0.1) is 6.10 Å². The minimum absolute atomic E-state index is 0.102. The maximum Gasteiger partial charge on any atom is 0.263 e. The predicted molar refractivity (Wildman–Crippen MR) is 63.6 cm³/mol. The summed E-state index contributed by atoms with van der Waals surface area (Å²) in [5, 5.41) is 0. The number of fused-ring (bicyclic) bond motifs is 1. The molecule has 3 nitrogen and oxygen atoms in total. The molecule has 86 valence electrons. The topological polar surface area (TPSA) is 29.5 Å². The Bertz CT molecular complexity index is 510. The Balaban J connectivity index is 1.75. The van der Waals surface area contributed by atoms with Crippen molar-refractivity contribution in [2.45, 2.75) is 18.1 Å². The molecule has 1 spiro atoms. The number of rotatable bonds is 1. The van der Waals surface area contributed by atoms with Crippen molar-refractivity contribution in [2.24, 2.45) is 5.92 Å². The molecule has 3 atom stereocenters. The van der Waals surface area contributed by atoms with Gasteiger partial charge in [-0.25, -0.2) is 0 Å². The maximum absolute atomic E-state index is 12.5. The molecule has 0 saturated carbocycles. The van der Waals surface area contributed by atoms with E-state index in [0.29, 0.717) is 5.92 Å². The van der Waals surface area contributed by atoms with Crippen LogP contribution >= 0.6 is 0 Å². The van der Waals surface area contributed by atoms with Gasteiger partial charge in [0.25, 0.3) is 5.91 Å². The Hall–Kier alpha value is -1.61. The third-order valence-electron chi connectivity index (χ3n) is 4.08. The first kappa shape index (κ1) is 9.42. The number of carbonyl (C=O) groups excluding carboxylic acids is 1. The Morgan fingerprint density at radius 1 is 1.29 bits per heavy atom. The van der Waals surface area contributed by atoms with Crippen LogP contribution in [0, 0.1) is 5.92 Å². The van der Waals surface area contributed by atoms with Gasteiger partial charge in [0, 0.05) is 18.2 Å². The predicted octanol–water partition coefficient (Wildman–Crippen LogP) is 1.75. The van der Waals surface area contributed by atoms with Gasteiger partial charge >= 0.3 is 0 Å². The monoisotopic (exact) mass is 227 g/mol. The first-order valence-corrected chi connectivity index (χ1v) is 6.04. The molecule has 17 heavy (non-hydrogen) atoms. The summed E-state index contributed by atoms with van der Waals surface area (Å²) in [6.45, 7) is 0.781. The SMILES string of the molecule is O=C1N(c2ccccc2)C[C@H]2C[C@@H]3C=C[C@]12O3. The van der Waals surface area contributed by atoms with Gasteiger partial charge in [0.15, 0.2) is 5.60 Å². The quantitative estimate of drug-likeness (QED) is 0.684. The molecular formula is C14H13NO2. The van der Waals surface area contributed by atoms with Crippen LogP contribution in [-0.4, -0.2) is 24.2 Å². The zero-order valence-corrected chi connectivity index (χ0v) is 9.37. The molecule has 0 aliphatic carbocycles. The van der Waals surface area contributed by atoms with E-state index < -0.39 is 5.60 Å². The lowest BCUT2D eigenvalue weighted by molar-refractivity contribution is -0.132. The normalized spacial score (nSPS) is 37.9. The molecule has 1 aromatic carbocycles. The largest absolute Gasteiger partial charge is 0.353 e. The molecule has 2 fully saturated rings. The highest BCUT2D eigenvalue weighted by atomic mass is 16.5. The highest BCUT2D eigenvalue weighted by Gasteiger charge is 2.61. The summed E-state index contributed by atoms with van der Waals surface area (Å²) in [4.78, 5) is 14.4. The first-order valence-electron chi connectivity index (χ1n) is 6.04. The second-order valence-electron chi connectivity index (χ2n) is 4.99. The minimum atomic E-state index is -0.638. The molecule has 3 heterocycles. The number of hydrogen-bond donors (Lipinski definition) is 0. The number of amides is 1. The van der Waals surface area contributed by atoms with Crippen LogP contribution in [0.3, 0.4) is 0 Å². The molecule has 2 bridgehead atoms. The van der Waals surface area contributed by atoms with E-state index in [1.54, 1.807) is 0 Å². The second kappa shape index (κ2) is 2.99. The van der Waals surface area contributed by atoms with E-state index in [1.165, 1.54) is 0 Å². The summed E-state index contributed by atoms with van der Waals surface area (Å²) >= 11 is 0. The molecule has 2 saturated heterocycles. The fraction of sp³-hybridized carbons (Fsp3) is 0.357. The van der Waals surface area contributed by atoms with Crippen LogP contribution in [0.4, 0.5) is 5.69 Å². The van der Waals surface area contributed by atoms with Crippen molar-refractivity contribution in [3.05, 3.63) is 42.5 Å². The van der Waals surface area contributed by atoms with E-state index in [2.05, 4.69) is 0 Å². The number of carbonyl (C=O) groups is 1. The number of nitrogens with zero attached hydrogens (tertiary/aromatic N) is 1. The second-order valence-corrected chi connectivity index (χ2v) is 4.99. The highest BCUT2D eigenvalue weighted by Crippen LogP contribution is 2.49. The summed E-state index contributed by atoms with van der Waals surface area (Å²) < 4.78 is 5.85. The van der Waals surface area contributed by atoms with Crippen LogP contribution in [0.15, 0.2) is 42.5 Å². The van der Waals surface area contributed by atoms with Crippen molar-refractivity contribution in [3.63, 3.8) is 0 Å². The van der Waals surface area contributed by atoms with Gasteiger partial charge in [0.2, 0.25) is 0 Å². The van der Waals surface area contributed by atoms with Crippen molar-refractivity contribution < 1.29 is 9.53 Å². The molecule has 1 amide bonds.